The van der Waals surface area contributed by atoms with Crippen LogP contribution in [0, 0.1) is 11.3 Å². The topological polar surface area (TPSA) is 17.1 Å². The van der Waals surface area contributed by atoms with Gasteiger partial charge in [-0.2, -0.15) is 0 Å². The zero-order valence-electron chi connectivity index (χ0n) is 14.8. The molecule has 3 aliphatic carbocycles. The molecule has 3 aliphatic rings. The highest BCUT2D eigenvalue weighted by Crippen LogP contribution is 2.68. The lowest BCUT2D eigenvalue weighted by Crippen LogP contribution is -2.57. The average Bonchev–Trinajstić information content (AvgIpc) is 3.31. The van der Waals surface area contributed by atoms with E-state index in [0.717, 1.165) is 19.3 Å². The normalized spacial score (nSPS) is 24.3. The molecule has 2 atom stereocenters. The van der Waals surface area contributed by atoms with Gasteiger partial charge in [0.2, 0.25) is 0 Å². The van der Waals surface area contributed by atoms with Crippen molar-refractivity contribution in [2.75, 3.05) is 0 Å². The van der Waals surface area contributed by atoms with E-state index in [1.807, 2.05) is 0 Å². The third kappa shape index (κ3) is 1.83. The number of carbonyl (C=O) groups excluding carboxylic acids is 1. The van der Waals surface area contributed by atoms with Gasteiger partial charge in [-0.3, -0.25) is 4.79 Å². The lowest BCUT2D eigenvalue weighted by atomic mass is 9.46. The maximum atomic E-state index is 13.3. The summed E-state index contributed by atoms with van der Waals surface area (Å²) < 4.78 is 0. The van der Waals surface area contributed by atoms with Crippen molar-refractivity contribution >= 4 is 5.78 Å². The van der Waals surface area contributed by atoms with Crippen LogP contribution < -0.4 is 0 Å². The van der Waals surface area contributed by atoms with Crippen molar-refractivity contribution < 1.29 is 4.79 Å². The predicted octanol–water partition coefficient (Wildman–Crippen LogP) is 5.39. The molecule has 0 amide bonds. The molecule has 0 heterocycles. The molecule has 2 bridgehead atoms. The van der Waals surface area contributed by atoms with E-state index in [2.05, 4.69) is 91.0 Å². The van der Waals surface area contributed by atoms with Crippen LogP contribution in [0.4, 0.5) is 0 Å². The number of ketones is 1. The SMILES string of the molecule is O=C1[C@H]2CC[C@]1(C(c1ccccc1)(c1ccccc1)c1ccccc1)C2. The van der Waals surface area contributed by atoms with Crippen molar-refractivity contribution in [1.29, 1.82) is 0 Å². The molecule has 0 spiro atoms. The minimum Gasteiger partial charge on any atom is -0.299 e. The number of Topliss-reactive ketones (excluding diaryl/α,β-unsaturated/α-hetero) is 1. The molecule has 128 valence electrons. The van der Waals surface area contributed by atoms with Gasteiger partial charge in [0.15, 0.2) is 0 Å². The highest BCUT2D eigenvalue weighted by Gasteiger charge is 2.69. The first-order valence-electron chi connectivity index (χ1n) is 9.50. The number of rotatable bonds is 4. The van der Waals surface area contributed by atoms with Gasteiger partial charge in [0, 0.05) is 11.3 Å². The van der Waals surface area contributed by atoms with Crippen molar-refractivity contribution in [3.8, 4) is 0 Å². The highest BCUT2D eigenvalue weighted by atomic mass is 16.1. The standard InChI is InChI=1S/C25H22O/c26-23-19-16-17-24(23,18-19)25(20-10-4-1-5-11-20,21-12-6-2-7-13-21)22-14-8-3-9-15-22/h1-15,19H,16-18H2/t19-,24-/m0/s1. The van der Waals surface area contributed by atoms with E-state index >= 15 is 0 Å². The van der Waals surface area contributed by atoms with Crippen LogP contribution in [0.1, 0.15) is 36.0 Å². The number of benzene rings is 3. The Bertz CT molecular complexity index is 829. The monoisotopic (exact) mass is 338 g/mol. The van der Waals surface area contributed by atoms with Crippen LogP contribution in [0.5, 0.6) is 0 Å². The summed E-state index contributed by atoms with van der Waals surface area (Å²) in [5, 5.41) is 0. The smallest absolute Gasteiger partial charge is 0.143 e. The van der Waals surface area contributed by atoms with E-state index in [1.54, 1.807) is 0 Å². The Kier molecular flexibility index (Phi) is 3.40. The largest absolute Gasteiger partial charge is 0.299 e. The molecule has 3 fully saturated rings. The molecule has 0 N–H and O–H groups in total. The number of hydrogen-bond donors (Lipinski definition) is 0. The average molecular weight is 338 g/mol. The Morgan fingerprint density at radius 3 is 1.42 bits per heavy atom. The summed E-state index contributed by atoms with van der Waals surface area (Å²) in [7, 11) is 0. The molecule has 1 heteroatoms. The summed E-state index contributed by atoms with van der Waals surface area (Å²) in [5.74, 6) is 0.736. The summed E-state index contributed by atoms with van der Waals surface area (Å²) >= 11 is 0. The van der Waals surface area contributed by atoms with Gasteiger partial charge in [-0.25, -0.2) is 0 Å². The molecule has 0 radical (unpaired) electrons. The fraction of sp³-hybridized carbons (Fsp3) is 0.240. The first-order valence-corrected chi connectivity index (χ1v) is 9.50. The van der Waals surface area contributed by atoms with Crippen LogP contribution in [-0.2, 0) is 10.2 Å². The Labute approximate surface area is 154 Å². The molecule has 6 rings (SSSR count). The number of carbonyl (C=O) groups is 1. The van der Waals surface area contributed by atoms with Gasteiger partial charge in [-0.15, -0.1) is 0 Å². The van der Waals surface area contributed by atoms with Crippen molar-refractivity contribution in [3.05, 3.63) is 108 Å². The van der Waals surface area contributed by atoms with Crippen LogP contribution in [0.15, 0.2) is 91.0 Å². The Hall–Kier alpha value is -2.67. The Morgan fingerprint density at radius 1 is 0.692 bits per heavy atom. The lowest BCUT2D eigenvalue weighted by molar-refractivity contribution is -0.142. The van der Waals surface area contributed by atoms with Crippen LogP contribution in [0.3, 0.4) is 0 Å². The molecule has 0 unspecified atom stereocenters. The van der Waals surface area contributed by atoms with E-state index in [4.69, 9.17) is 0 Å². The molecule has 0 aliphatic heterocycles. The maximum absolute atomic E-state index is 13.3. The summed E-state index contributed by atoms with van der Waals surface area (Å²) in [6.45, 7) is 0. The van der Waals surface area contributed by atoms with Crippen LogP contribution in [0.25, 0.3) is 0 Å². The number of fused-ring (bicyclic) bond motifs is 1. The number of hydrogen-bond acceptors (Lipinski definition) is 1. The zero-order valence-corrected chi connectivity index (χ0v) is 14.8. The van der Waals surface area contributed by atoms with E-state index < -0.39 is 5.41 Å². The third-order valence-corrected chi connectivity index (χ3v) is 6.70. The summed E-state index contributed by atoms with van der Waals surface area (Å²) in [6, 6.07) is 32.0. The molecular formula is C25H22O. The van der Waals surface area contributed by atoms with Crippen molar-refractivity contribution in [1.82, 2.24) is 0 Å². The molecule has 3 aromatic rings. The quantitative estimate of drug-likeness (QED) is 0.583. The molecule has 26 heavy (non-hydrogen) atoms. The van der Waals surface area contributed by atoms with Gasteiger partial charge in [0.1, 0.15) is 5.78 Å². The van der Waals surface area contributed by atoms with Crippen LogP contribution in [0.2, 0.25) is 0 Å². The van der Waals surface area contributed by atoms with Crippen LogP contribution in [-0.4, -0.2) is 5.78 Å². The van der Waals surface area contributed by atoms with E-state index in [0.29, 0.717) is 5.78 Å². The third-order valence-electron chi connectivity index (χ3n) is 6.70. The fourth-order valence-electron chi connectivity index (χ4n) is 5.67. The molecule has 1 nitrogen and oxygen atoms in total. The lowest BCUT2D eigenvalue weighted by Gasteiger charge is -2.53. The molecular weight excluding hydrogens is 316 g/mol. The highest BCUT2D eigenvalue weighted by molar-refractivity contribution is 5.98. The van der Waals surface area contributed by atoms with Crippen LogP contribution >= 0.6 is 0 Å². The van der Waals surface area contributed by atoms with Crippen molar-refractivity contribution in [2.24, 2.45) is 11.3 Å². The molecule has 3 aromatic carbocycles. The summed E-state index contributed by atoms with van der Waals surface area (Å²) in [4.78, 5) is 13.3. The maximum Gasteiger partial charge on any atom is 0.143 e. The Morgan fingerprint density at radius 2 is 1.12 bits per heavy atom. The van der Waals surface area contributed by atoms with E-state index in [1.165, 1.54) is 16.7 Å². The van der Waals surface area contributed by atoms with Gasteiger partial charge in [-0.05, 0) is 36.0 Å². The first kappa shape index (κ1) is 15.6. The van der Waals surface area contributed by atoms with Crippen molar-refractivity contribution in [3.63, 3.8) is 0 Å². The molecule has 0 saturated heterocycles. The van der Waals surface area contributed by atoms with Crippen molar-refractivity contribution in [2.45, 2.75) is 24.7 Å². The summed E-state index contributed by atoms with van der Waals surface area (Å²) in [6.07, 6.45) is 3.02. The molecule has 3 saturated carbocycles. The van der Waals surface area contributed by atoms with Gasteiger partial charge in [0.05, 0.1) is 5.41 Å². The fourth-order valence-corrected chi connectivity index (χ4v) is 5.67. The Balaban J connectivity index is 1.89. The predicted molar refractivity (Wildman–Crippen MR) is 104 cm³/mol. The minimum absolute atomic E-state index is 0.269. The second-order valence-electron chi connectivity index (χ2n) is 7.73. The van der Waals surface area contributed by atoms with Gasteiger partial charge in [0.25, 0.3) is 0 Å². The van der Waals surface area contributed by atoms with E-state index in [9.17, 15) is 4.79 Å². The second-order valence-corrected chi connectivity index (χ2v) is 7.73. The van der Waals surface area contributed by atoms with E-state index in [-0.39, 0.29) is 11.3 Å². The second kappa shape index (κ2) is 5.67. The molecule has 0 aromatic heterocycles. The summed E-state index contributed by atoms with van der Waals surface area (Å²) in [5.41, 5.74) is 2.95. The van der Waals surface area contributed by atoms with Gasteiger partial charge in [-0.1, -0.05) is 91.0 Å². The van der Waals surface area contributed by atoms with Gasteiger partial charge >= 0.3 is 0 Å². The minimum atomic E-state index is -0.416. The zero-order chi connectivity index (χ0) is 17.6. The first-order chi connectivity index (χ1) is 12.8. The van der Waals surface area contributed by atoms with Gasteiger partial charge < -0.3 is 0 Å².